The lowest BCUT2D eigenvalue weighted by atomic mass is 9.93. The highest BCUT2D eigenvalue weighted by Crippen LogP contribution is 2.44. The molecule has 12 aromatic rings. The first-order valence-corrected chi connectivity index (χ1v) is 40.5. The fourth-order valence-electron chi connectivity index (χ4n) is 13.3. The van der Waals surface area contributed by atoms with Gasteiger partial charge in [0.15, 0.2) is 80.7 Å². The second kappa shape index (κ2) is 49.2. The van der Waals surface area contributed by atoms with Crippen molar-refractivity contribution in [3.63, 3.8) is 0 Å². The predicted molar refractivity (Wildman–Crippen MR) is 497 cm³/mol. The molecule has 0 saturated carbocycles. The number of aryl methyl sites for hydroxylation is 4. The van der Waals surface area contributed by atoms with E-state index in [0.29, 0.717) is 85.1 Å². The zero-order valence-corrected chi connectivity index (χ0v) is 78.8. The van der Waals surface area contributed by atoms with Gasteiger partial charge in [-0.2, -0.15) is 19.2 Å². The summed E-state index contributed by atoms with van der Waals surface area (Å²) in [5, 5.41) is 125. The molecular weight excluding hydrogens is 1770 g/mol. The number of carbonyl (C=O) groups is 6. The Morgan fingerprint density at radius 1 is 0.191 bits per heavy atom. The smallest absolute Gasteiger partial charge is 0.373 e. The SMILES string of the molecule is COc1cc(C(=O)c2ccc(C)c(C)c2C)cc(OC)c1C.COc1cc(C(=O)c2ccc(C)c(C)c2OC)cc(OC)c1C.COc1cc(C(=O)c2ccc(C)c(O)c2OC)cc(OC)c1C.COc1cc(C(=O)c2ccc(O)c(O)c2O)cc(OC)c1C.Cc1c(O)cc(C(=O)c2ccc(O)c(O)c2O)cc1O.Cc1ccc(C(=O)c2cc(O)c(C)c(O)c2)c(O)c1O.O=C=O.O=C=O. The zero-order valence-electron chi connectivity index (χ0n) is 78.8. The average Bonchev–Trinajstić information content (AvgIpc) is 0.809. The molecule has 0 radical (unpaired) electrons. The summed E-state index contributed by atoms with van der Waals surface area (Å²) < 4.78 is 53.1. The highest BCUT2D eigenvalue weighted by atomic mass is 16.5. The molecule has 12 rings (SSSR count). The maximum absolute atomic E-state index is 12.9. The van der Waals surface area contributed by atoms with Crippen molar-refractivity contribution in [1.82, 2.24) is 0 Å². The molecule has 0 aromatic heterocycles. The van der Waals surface area contributed by atoms with Gasteiger partial charge in [0.05, 0.1) is 98.9 Å². The minimum Gasteiger partial charge on any atom is -0.508 e. The van der Waals surface area contributed by atoms with Crippen LogP contribution in [0, 0.1) is 90.0 Å². The summed E-state index contributed by atoms with van der Waals surface area (Å²) in [4.78, 5) is 108. The van der Waals surface area contributed by atoms with E-state index in [4.69, 9.17) is 66.5 Å². The number of ether oxygens (including phenoxy) is 10. The van der Waals surface area contributed by atoms with Crippen molar-refractivity contribution in [3.05, 3.63) is 285 Å². The number of hydrogen-bond donors (Lipinski definition) is 13. The van der Waals surface area contributed by atoms with Gasteiger partial charge in [-0.3, -0.25) is 28.8 Å². The molecule has 0 unspecified atom stereocenters. The third kappa shape index (κ3) is 25.3. The van der Waals surface area contributed by atoms with Crippen LogP contribution in [0.2, 0.25) is 0 Å². The van der Waals surface area contributed by atoms with Crippen LogP contribution in [0.25, 0.3) is 0 Å². The Balaban J connectivity index is 0.000000285. The van der Waals surface area contributed by atoms with Crippen LogP contribution in [0.5, 0.6) is 132 Å². The first kappa shape index (κ1) is 109. The number of aromatic hydroxyl groups is 13. The van der Waals surface area contributed by atoms with E-state index in [-0.39, 0.29) is 120 Å². The molecule has 0 aliphatic rings. The molecule has 0 atom stereocenters. The standard InChI is InChI=1S/C19H22O4.C19H22O3.C18H20O5.C16H16O6.C15H14O5.C14H12O6.2CO2/c1-11-7-8-15(19(23-6)12(11)2)18(20)14-9-16(21-4)13(3)17(10-14)22-5;1-11-7-8-16(13(3)12(11)2)19(20)15-9-17(21-5)14(4)18(10-15)22-6;1-10-6-7-13(18(23-5)16(10)19)17(20)12-8-14(21-3)11(2)15(9-12)22-4;1-8-12(21-2)6-9(7-13(8)22-3)14(18)10-4-5-11(17)16(20)15(10)19;1-7-3-4-10(15(20)13(7)18)14(19)9-5-11(16)8(2)12(17)6-9;1-6-10(16)4-7(5-11(6)17)12(18)8-2-3-9(15)14(20)13(8)19;2*2-1-3/h7-10H,1-6H3;7-10H,1-6H3;6-9,19H,1-5H3;4-7,17,19-20H,1-3H3;3-6,16-18,20H,1-2H3;2-5,15-17,19-20H,1H3;;. The van der Waals surface area contributed by atoms with Crippen LogP contribution in [0.15, 0.2) is 146 Å². The van der Waals surface area contributed by atoms with Gasteiger partial charge >= 0.3 is 12.3 Å². The fourth-order valence-corrected chi connectivity index (χ4v) is 13.3. The van der Waals surface area contributed by atoms with Crippen LogP contribution >= 0.6 is 0 Å². The monoisotopic (exact) mass is 1870 g/mol. The maximum Gasteiger partial charge on any atom is 0.373 e. The molecule has 716 valence electrons. The number of benzene rings is 12. The third-order valence-corrected chi connectivity index (χ3v) is 21.8. The van der Waals surface area contributed by atoms with Crippen molar-refractivity contribution in [2.45, 2.75) is 90.0 Å². The Morgan fingerprint density at radius 3 is 0.669 bits per heavy atom. The second-order valence-electron chi connectivity index (χ2n) is 29.8. The van der Waals surface area contributed by atoms with E-state index in [9.17, 15) is 95.2 Å². The van der Waals surface area contributed by atoms with Gasteiger partial charge < -0.3 is 114 Å². The van der Waals surface area contributed by atoms with Crippen molar-refractivity contribution in [3.8, 4) is 132 Å². The van der Waals surface area contributed by atoms with E-state index in [1.807, 2.05) is 66.7 Å². The van der Waals surface area contributed by atoms with E-state index in [2.05, 4.69) is 6.92 Å². The summed E-state index contributed by atoms with van der Waals surface area (Å²) in [7, 11) is 15.4. The quantitative estimate of drug-likeness (QED) is 0.0221. The minimum atomic E-state index is -0.809. The summed E-state index contributed by atoms with van der Waals surface area (Å²) in [6.45, 7) is 23.8. The molecule has 0 fully saturated rings. The van der Waals surface area contributed by atoms with Crippen LogP contribution < -0.4 is 47.4 Å². The van der Waals surface area contributed by atoms with E-state index < -0.39 is 57.6 Å². The van der Waals surface area contributed by atoms with Crippen LogP contribution in [0.1, 0.15) is 168 Å². The number of rotatable bonds is 22. The average molecular weight is 1870 g/mol. The van der Waals surface area contributed by atoms with Gasteiger partial charge in [0.2, 0.25) is 11.5 Å². The van der Waals surface area contributed by atoms with Crippen molar-refractivity contribution < 1.29 is 162 Å². The van der Waals surface area contributed by atoms with E-state index in [1.54, 1.807) is 111 Å². The van der Waals surface area contributed by atoms with Crippen molar-refractivity contribution >= 4 is 47.0 Å². The van der Waals surface area contributed by atoms with Crippen LogP contribution in [-0.4, -0.2) is 184 Å². The summed E-state index contributed by atoms with van der Waals surface area (Å²) in [6.07, 6.45) is 0.500. The normalized spacial score (nSPS) is 10.1. The molecule has 13 N–H and O–H groups in total. The number of phenols is 13. The van der Waals surface area contributed by atoms with E-state index >= 15 is 0 Å². The molecule has 0 saturated heterocycles. The summed E-state index contributed by atoms with van der Waals surface area (Å²) in [5.74, 6) is -2.88. The Kier molecular flexibility index (Phi) is 39.5. The summed E-state index contributed by atoms with van der Waals surface area (Å²) in [6, 6.07) is 36.3. The van der Waals surface area contributed by atoms with Gasteiger partial charge in [0.25, 0.3) is 0 Å². The molecule has 33 heteroatoms. The molecule has 0 aliphatic carbocycles. The number of carbonyl (C=O) groups excluding carboxylic acids is 10. The van der Waals surface area contributed by atoms with Gasteiger partial charge in [-0.1, -0.05) is 30.3 Å². The molecule has 0 heterocycles. The van der Waals surface area contributed by atoms with Gasteiger partial charge in [-0.25, -0.2) is 0 Å². The van der Waals surface area contributed by atoms with Crippen molar-refractivity contribution in [2.24, 2.45) is 0 Å². The summed E-state index contributed by atoms with van der Waals surface area (Å²) >= 11 is 0. The highest BCUT2D eigenvalue weighted by molar-refractivity contribution is 6.15. The lowest BCUT2D eigenvalue weighted by Gasteiger charge is -2.15. The first-order valence-electron chi connectivity index (χ1n) is 40.5. The van der Waals surface area contributed by atoms with Crippen molar-refractivity contribution in [1.29, 1.82) is 0 Å². The number of methoxy groups -OCH3 is 10. The van der Waals surface area contributed by atoms with Gasteiger partial charge in [-0.15, -0.1) is 0 Å². The zero-order chi connectivity index (χ0) is 103. The molecule has 33 nitrogen and oxygen atoms in total. The molecule has 0 spiro atoms. The number of ketones is 6. The third-order valence-electron chi connectivity index (χ3n) is 21.8. The Hall–Kier alpha value is -17.2. The van der Waals surface area contributed by atoms with Crippen molar-refractivity contribution in [2.75, 3.05) is 71.1 Å². The van der Waals surface area contributed by atoms with Crippen LogP contribution in [-0.2, 0) is 19.2 Å². The second-order valence-corrected chi connectivity index (χ2v) is 29.8. The van der Waals surface area contributed by atoms with Gasteiger partial charge in [0.1, 0.15) is 74.7 Å². The lowest BCUT2D eigenvalue weighted by molar-refractivity contribution is -0.193. The number of phenolic OH excluding ortho intramolecular Hbond substituents is 13. The van der Waals surface area contributed by atoms with Gasteiger partial charge in [0, 0.05) is 72.3 Å². The molecule has 0 amide bonds. The highest BCUT2D eigenvalue weighted by Gasteiger charge is 2.28. The Bertz CT molecular complexity index is 6020. The summed E-state index contributed by atoms with van der Waals surface area (Å²) in [5.41, 5.74) is 12.9. The maximum atomic E-state index is 12.9. The molecule has 0 aliphatic heterocycles. The molecular formula is C103H106O33. The largest absolute Gasteiger partial charge is 0.508 e. The minimum absolute atomic E-state index is 0.0165. The Labute approximate surface area is 782 Å². The molecule has 136 heavy (non-hydrogen) atoms. The van der Waals surface area contributed by atoms with Crippen LogP contribution in [0.3, 0.4) is 0 Å². The predicted octanol–water partition coefficient (Wildman–Crippen LogP) is 16.6. The fraction of sp³-hybridized carbons (Fsp3) is 0.223. The lowest BCUT2D eigenvalue weighted by Crippen LogP contribution is -2.07. The topological polar surface area (TPSA) is 526 Å². The molecule has 12 aromatic carbocycles. The van der Waals surface area contributed by atoms with E-state index in [1.165, 1.54) is 97.4 Å². The van der Waals surface area contributed by atoms with E-state index in [0.717, 1.165) is 80.4 Å². The molecule has 0 bridgehead atoms. The number of hydrogen-bond acceptors (Lipinski definition) is 33. The first-order chi connectivity index (χ1) is 64.2. The van der Waals surface area contributed by atoms with Gasteiger partial charge in [-0.05, 0) is 244 Å². The Morgan fingerprint density at radius 2 is 0.397 bits per heavy atom. The van der Waals surface area contributed by atoms with Crippen LogP contribution in [0.4, 0.5) is 0 Å².